The number of hydrogen-bond acceptors (Lipinski definition) is 5. The molecule has 1 aromatic rings. The van der Waals surface area contributed by atoms with E-state index >= 15 is 0 Å². The number of aromatic nitrogens is 2. The van der Waals surface area contributed by atoms with Gasteiger partial charge < -0.3 is 10.7 Å². The Morgan fingerprint density at radius 2 is 1.60 bits per heavy atom. The highest BCUT2D eigenvalue weighted by Crippen LogP contribution is 2.25. The lowest BCUT2D eigenvalue weighted by atomic mass is 10.1. The summed E-state index contributed by atoms with van der Waals surface area (Å²) in [5, 5.41) is 3.31. The highest BCUT2D eigenvalue weighted by atomic mass is 79.9. The molecule has 114 valence electrons. The number of nitrogens with zero attached hydrogens (tertiary/aromatic N) is 2. The van der Waals surface area contributed by atoms with Crippen LogP contribution in [0.4, 0.5) is 11.6 Å². The first kappa shape index (κ1) is 17.2. The van der Waals surface area contributed by atoms with Crippen LogP contribution in [0.1, 0.15) is 58.3 Å². The van der Waals surface area contributed by atoms with Crippen molar-refractivity contribution in [2.75, 3.05) is 17.3 Å². The zero-order valence-electron chi connectivity index (χ0n) is 12.3. The number of anilines is 2. The second kappa shape index (κ2) is 10.9. The molecule has 0 aromatic carbocycles. The van der Waals surface area contributed by atoms with Gasteiger partial charge in [-0.05, 0) is 22.4 Å². The molecule has 0 spiro atoms. The van der Waals surface area contributed by atoms with Gasteiger partial charge in [0.1, 0.15) is 16.6 Å². The van der Waals surface area contributed by atoms with Crippen LogP contribution in [-0.2, 0) is 0 Å². The van der Waals surface area contributed by atoms with E-state index in [4.69, 9.17) is 5.84 Å². The molecule has 1 rings (SSSR count). The summed E-state index contributed by atoms with van der Waals surface area (Å²) in [5.41, 5.74) is 2.53. The van der Waals surface area contributed by atoms with E-state index < -0.39 is 0 Å². The maximum atomic E-state index is 5.37. The van der Waals surface area contributed by atoms with Gasteiger partial charge in [-0.1, -0.05) is 51.9 Å². The first-order valence-corrected chi connectivity index (χ1v) is 8.29. The number of hydrogen-bond donors (Lipinski definition) is 3. The lowest BCUT2D eigenvalue weighted by Crippen LogP contribution is -2.11. The molecule has 0 atom stereocenters. The smallest absolute Gasteiger partial charge is 0.159 e. The van der Waals surface area contributed by atoms with E-state index in [1.807, 2.05) is 0 Å². The van der Waals surface area contributed by atoms with Crippen LogP contribution in [0.25, 0.3) is 0 Å². The van der Waals surface area contributed by atoms with Crippen molar-refractivity contribution in [2.45, 2.75) is 58.3 Å². The maximum absolute atomic E-state index is 5.37. The summed E-state index contributed by atoms with van der Waals surface area (Å²) >= 11 is 3.43. The van der Waals surface area contributed by atoms with E-state index in [-0.39, 0.29) is 0 Å². The van der Waals surface area contributed by atoms with Crippen molar-refractivity contribution < 1.29 is 0 Å². The van der Waals surface area contributed by atoms with Crippen LogP contribution < -0.4 is 16.6 Å². The molecule has 0 unspecified atom stereocenters. The molecule has 20 heavy (non-hydrogen) atoms. The summed E-state index contributed by atoms with van der Waals surface area (Å²) < 4.78 is 0.780. The molecular formula is C14H26BrN5. The Morgan fingerprint density at radius 3 is 2.25 bits per heavy atom. The second-order valence-electron chi connectivity index (χ2n) is 4.93. The molecule has 0 aliphatic rings. The van der Waals surface area contributed by atoms with Crippen LogP contribution in [0.15, 0.2) is 10.8 Å². The van der Waals surface area contributed by atoms with E-state index in [0.717, 1.165) is 23.3 Å². The monoisotopic (exact) mass is 343 g/mol. The van der Waals surface area contributed by atoms with Crippen LogP contribution in [0, 0.1) is 0 Å². The van der Waals surface area contributed by atoms with Gasteiger partial charge in [-0.15, -0.1) is 0 Å². The predicted octanol–water partition coefficient (Wildman–Crippen LogP) is 4.08. The summed E-state index contributed by atoms with van der Waals surface area (Å²) in [6, 6.07) is 0. The highest BCUT2D eigenvalue weighted by Gasteiger charge is 2.06. The van der Waals surface area contributed by atoms with Gasteiger partial charge in [0, 0.05) is 6.54 Å². The fourth-order valence-corrected chi connectivity index (χ4v) is 2.52. The van der Waals surface area contributed by atoms with Crippen LogP contribution in [0.2, 0.25) is 0 Å². The quantitative estimate of drug-likeness (QED) is 0.320. The standard InChI is InChI=1S/C14H26BrN5/c1-2-3-4-5-6-7-8-9-10-17-13-12(15)14(20-16)19-11-18-13/h11H,2-10,16H2,1H3,(H2,17,18,19,20). The first-order valence-electron chi connectivity index (χ1n) is 7.50. The molecular weight excluding hydrogens is 318 g/mol. The molecule has 0 bridgehead atoms. The number of unbranched alkanes of at least 4 members (excludes halogenated alkanes) is 7. The molecule has 0 amide bonds. The number of nitrogens with one attached hydrogen (secondary N) is 2. The van der Waals surface area contributed by atoms with Gasteiger partial charge in [-0.3, -0.25) is 0 Å². The molecule has 0 fully saturated rings. The second-order valence-corrected chi connectivity index (χ2v) is 5.72. The average molecular weight is 344 g/mol. The molecule has 0 aliphatic heterocycles. The van der Waals surface area contributed by atoms with E-state index in [0.29, 0.717) is 5.82 Å². The van der Waals surface area contributed by atoms with E-state index in [1.54, 1.807) is 0 Å². The van der Waals surface area contributed by atoms with Gasteiger partial charge in [0.05, 0.1) is 0 Å². The Balaban J connectivity index is 2.09. The molecule has 0 saturated heterocycles. The molecule has 0 aliphatic carbocycles. The Bertz CT molecular complexity index is 373. The summed E-state index contributed by atoms with van der Waals surface area (Å²) in [7, 11) is 0. The van der Waals surface area contributed by atoms with E-state index in [9.17, 15) is 0 Å². The SMILES string of the molecule is CCCCCCCCCCNc1ncnc(NN)c1Br. The Labute approximate surface area is 130 Å². The summed E-state index contributed by atoms with van der Waals surface area (Å²) in [4.78, 5) is 8.21. The third-order valence-corrected chi connectivity index (χ3v) is 4.00. The van der Waals surface area contributed by atoms with E-state index in [1.165, 1.54) is 51.3 Å². The zero-order chi connectivity index (χ0) is 14.6. The largest absolute Gasteiger partial charge is 0.369 e. The van der Waals surface area contributed by atoms with Crippen molar-refractivity contribution in [1.29, 1.82) is 0 Å². The fraction of sp³-hybridized carbons (Fsp3) is 0.714. The van der Waals surface area contributed by atoms with Crippen molar-refractivity contribution >= 4 is 27.6 Å². The van der Waals surface area contributed by atoms with Gasteiger partial charge in [0.25, 0.3) is 0 Å². The van der Waals surface area contributed by atoms with Crippen molar-refractivity contribution in [3.63, 3.8) is 0 Å². The van der Waals surface area contributed by atoms with E-state index in [2.05, 4.69) is 43.6 Å². The number of rotatable bonds is 11. The molecule has 1 heterocycles. The molecule has 5 nitrogen and oxygen atoms in total. The van der Waals surface area contributed by atoms with Crippen molar-refractivity contribution in [2.24, 2.45) is 5.84 Å². The summed E-state index contributed by atoms with van der Waals surface area (Å²) in [6.45, 7) is 3.18. The minimum Gasteiger partial charge on any atom is -0.369 e. The minimum atomic E-state index is 0.596. The van der Waals surface area contributed by atoms with Gasteiger partial charge in [-0.25, -0.2) is 15.8 Å². The Morgan fingerprint density at radius 1 is 1.00 bits per heavy atom. The molecule has 0 saturated carbocycles. The average Bonchev–Trinajstić information content (AvgIpc) is 2.47. The maximum Gasteiger partial charge on any atom is 0.159 e. The normalized spacial score (nSPS) is 10.6. The third kappa shape index (κ3) is 6.52. The van der Waals surface area contributed by atoms with Crippen LogP contribution in [0.5, 0.6) is 0 Å². The van der Waals surface area contributed by atoms with Gasteiger partial charge in [0.15, 0.2) is 5.82 Å². The molecule has 1 aromatic heterocycles. The summed E-state index contributed by atoms with van der Waals surface area (Å²) in [5.74, 6) is 6.75. The predicted molar refractivity (Wildman–Crippen MR) is 88.6 cm³/mol. The van der Waals surface area contributed by atoms with Crippen LogP contribution >= 0.6 is 15.9 Å². The van der Waals surface area contributed by atoms with Crippen LogP contribution in [0.3, 0.4) is 0 Å². The van der Waals surface area contributed by atoms with Crippen molar-refractivity contribution in [3.05, 3.63) is 10.8 Å². The van der Waals surface area contributed by atoms with Gasteiger partial charge in [-0.2, -0.15) is 0 Å². The van der Waals surface area contributed by atoms with Crippen LogP contribution in [-0.4, -0.2) is 16.5 Å². The third-order valence-electron chi connectivity index (χ3n) is 3.25. The lowest BCUT2D eigenvalue weighted by molar-refractivity contribution is 0.581. The number of nitrogen functional groups attached to an aromatic ring is 1. The summed E-state index contributed by atoms with van der Waals surface area (Å²) in [6.07, 6.45) is 12.1. The number of halogens is 1. The highest BCUT2D eigenvalue weighted by molar-refractivity contribution is 9.10. The zero-order valence-corrected chi connectivity index (χ0v) is 13.9. The fourth-order valence-electron chi connectivity index (χ4n) is 2.06. The number of hydrazine groups is 1. The Hall–Kier alpha value is -0.880. The topological polar surface area (TPSA) is 75.9 Å². The lowest BCUT2D eigenvalue weighted by Gasteiger charge is -2.09. The Kier molecular flexibility index (Phi) is 9.32. The molecule has 4 N–H and O–H groups in total. The van der Waals surface area contributed by atoms with Gasteiger partial charge in [0.2, 0.25) is 0 Å². The minimum absolute atomic E-state index is 0.596. The van der Waals surface area contributed by atoms with Crippen molar-refractivity contribution in [1.82, 2.24) is 9.97 Å². The van der Waals surface area contributed by atoms with Gasteiger partial charge >= 0.3 is 0 Å². The molecule has 0 radical (unpaired) electrons. The molecule has 6 heteroatoms. The number of nitrogens with two attached hydrogens (primary N) is 1. The van der Waals surface area contributed by atoms with Crippen molar-refractivity contribution in [3.8, 4) is 0 Å². The first-order chi connectivity index (χ1) is 9.79.